The van der Waals surface area contributed by atoms with E-state index in [1.54, 1.807) is 0 Å². The molecule has 0 atom stereocenters. The Morgan fingerprint density at radius 1 is 1.00 bits per heavy atom. The fraction of sp³-hybridized carbons (Fsp3) is 0.636. The molecule has 0 aromatic heterocycles. The molecule has 5 nitrogen and oxygen atoms in total. The van der Waals surface area contributed by atoms with Crippen molar-refractivity contribution in [2.45, 2.75) is 52.4 Å². The van der Waals surface area contributed by atoms with Gasteiger partial charge >= 0.3 is 0 Å². The Bertz CT molecular complexity index is 627. The summed E-state index contributed by atoms with van der Waals surface area (Å²) < 4.78 is 0. The lowest BCUT2D eigenvalue weighted by atomic mass is 9.95. The number of carbonyl (C=O) groups excluding carboxylic acids is 2. The standard InChI is InChI=1S/C22H33N3O2/c1-17(2)16-21(26)25-14-10-18(11-15-25)22(27)23-19-6-8-20(9-7-19)24-12-4-3-5-13-24/h6-9,17-18H,3-5,10-16H2,1-2H3,(H,23,27). The van der Waals surface area contributed by atoms with Crippen molar-refractivity contribution in [1.82, 2.24) is 4.90 Å². The van der Waals surface area contributed by atoms with Crippen molar-refractivity contribution in [1.29, 1.82) is 0 Å². The van der Waals surface area contributed by atoms with Gasteiger partial charge in [-0.05, 0) is 62.3 Å². The predicted molar refractivity (Wildman–Crippen MR) is 110 cm³/mol. The van der Waals surface area contributed by atoms with E-state index in [2.05, 4.69) is 36.2 Å². The fourth-order valence-corrected chi connectivity index (χ4v) is 4.02. The smallest absolute Gasteiger partial charge is 0.227 e. The van der Waals surface area contributed by atoms with Crippen LogP contribution in [0.15, 0.2) is 24.3 Å². The summed E-state index contributed by atoms with van der Waals surface area (Å²) in [6.45, 7) is 7.76. The lowest BCUT2D eigenvalue weighted by Crippen LogP contribution is -2.41. The Labute approximate surface area is 163 Å². The highest BCUT2D eigenvalue weighted by Gasteiger charge is 2.27. The molecule has 2 heterocycles. The SMILES string of the molecule is CC(C)CC(=O)N1CCC(C(=O)Nc2ccc(N3CCCCC3)cc2)CC1. The zero-order valence-corrected chi connectivity index (χ0v) is 16.7. The molecule has 148 valence electrons. The number of nitrogens with one attached hydrogen (secondary N) is 1. The average Bonchev–Trinajstić information content (AvgIpc) is 2.69. The topological polar surface area (TPSA) is 52.7 Å². The first-order valence-electron chi connectivity index (χ1n) is 10.5. The maximum atomic E-state index is 12.6. The normalized spacial score (nSPS) is 18.6. The van der Waals surface area contributed by atoms with Gasteiger partial charge < -0.3 is 15.1 Å². The number of benzene rings is 1. The molecule has 5 heteroatoms. The van der Waals surface area contributed by atoms with Crippen LogP contribution in [0.5, 0.6) is 0 Å². The minimum absolute atomic E-state index is 0.00475. The molecular formula is C22H33N3O2. The molecule has 0 unspecified atom stereocenters. The fourth-order valence-electron chi connectivity index (χ4n) is 4.02. The number of carbonyl (C=O) groups is 2. The van der Waals surface area contributed by atoms with Crippen molar-refractivity contribution in [3.05, 3.63) is 24.3 Å². The highest BCUT2D eigenvalue weighted by Crippen LogP contribution is 2.24. The molecular weight excluding hydrogens is 338 g/mol. The Balaban J connectivity index is 1.47. The molecule has 2 saturated heterocycles. The predicted octanol–water partition coefficient (Wildman–Crippen LogP) is 3.90. The maximum absolute atomic E-state index is 12.6. The Hall–Kier alpha value is -2.04. The number of hydrogen-bond acceptors (Lipinski definition) is 3. The third-order valence-corrected chi connectivity index (χ3v) is 5.66. The minimum atomic E-state index is -0.00475. The van der Waals surface area contributed by atoms with Gasteiger partial charge in [-0.3, -0.25) is 9.59 Å². The number of amides is 2. The maximum Gasteiger partial charge on any atom is 0.227 e. The molecule has 1 aromatic carbocycles. The molecule has 0 saturated carbocycles. The number of anilines is 2. The summed E-state index contributed by atoms with van der Waals surface area (Å²) in [5.74, 6) is 0.676. The van der Waals surface area contributed by atoms with Crippen LogP contribution in [0.1, 0.15) is 52.4 Å². The van der Waals surface area contributed by atoms with Crippen molar-refractivity contribution >= 4 is 23.2 Å². The second kappa shape index (κ2) is 9.25. The molecule has 2 aliphatic rings. The van der Waals surface area contributed by atoms with Crippen LogP contribution in [0.2, 0.25) is 0 Å². The van der Waals surface area contributed by atoms with E-state index in [0.29, 0.717) is 25.4 Å². The second-order valence-electron chi connectivity index (χ2n) is 8.34. The second-order valence-corrected chi connectivity index (χ2v) is 8.34. The minimum Gasteiger partial charge on any atom is -0.372 e. The van der Waals surface area contributed by atoms with Crippen LogP contribution in [-0.4, -0.2) is 42.9 Å². The van der Waals surface area contributed by atoms with Crippen molar-refractivity contribution in [3.8, 4) is 0 Å². The molecule has 27 heavy (non-hydrogen) atoms. The first-order valence-corrected chi connectivity index (χ1v) is 10.5. The zero-order valence-electron chi connectivity index (χ0n) is 16.7. The molecule has 1 aromatic rings. The Morgan fingerprint density at radius 2 is 1.63 bits per heavy atom. The molecule has 0 aliphatic carbocycles. The number of nitrogens with zero attached hydrogens (tertiary/aromatic N) is 2. The molecule has 2 aliphatic heterocycles. The summed E-state index contributed by atoms with van der Waals surface area (Å²) in [5.41, 5.74) is 2.10. The van der Waals surface area contributed by atoms with Crippen molar-refractivity contribution in [2.24, 2.45) is 11.8 Å². The van der Waals surface area contributed by atoms with Gasteiger partial charge in [0.2, 0.25) is 11.8 Å². The van der Waals surface area contributed by atoms with Crippen molar-refractivity contribution < 1.29 is 9.59 Å². The van der Waals surface area contributed by atoms with Gasteiger partial charge in [-0.2, -0.15) is 0 Å². The van der Waals surface area contributed by atoms with E-state index >= 15 is 0 Å². The molecule has 0 spiro atoms. The number of piperidine rings is 2. The Morgan fingerprint density at radius 3 is 2.22 bits per heavy atom. The lowest BCUT2D eigenvalue weighted by Gasteiger charge is -2.32. The summed E-state index contributed by atoms with van der Waals surface area (Å²) in [4.78, 5) is 29.1. The molecule has 2 amide bonds. The van der Waals surface area contributed by atoms with Crippen LogP contribution in [0.4, 0.5) is 11.4 Å². The summed E-state index contributed by atoms with van der Waals surface area (Å²) in [5, 5.41) is 3.06. The Kier molecular flexibility index (Phi) is 6.75. The van der Waals surface area contributed by atoms with Gasteiger partial charge in [0.15, 0.2) is 0 Å². The first-order chi connectivity index (χ1) is 13.0. The molecule has 1 N–H and O–H groups in total. The molecule has 3 rings (SSSR count). The third kappa shape index (κ3) is 5.47. The van der Waals surface area contributed by atoms with Gasteiger partial charge in [0.1, 0.15) is 0 Å². The van der Waals surface area contributed by atoms with Crippen LogP contribution < -0.4 is 10.2 Å². The summed E-state index contributed by atoms with van der Waals surface area (Å²) >= 11 is 0. The quantitative estimate of drug-likeness (QED) is 0.854. The summed E-state index contributed by atoms with van der Waals surface area (Å²) in [6.07, 6.45) is 5.95. The number of likely N-dealkylation sites (tertiary alicyclic amines) is 1. The van der Waals surface area contributed by atoms with Crippen LogP contribution in [0.3, 0.4) is 0 Å². The molecule has 2 fully saturated rings. The molecule has 0 bridgehead atoms. The van der Waals surface area contributed by atoms with Gasteiger partial charge in [-0.15, -0.1) is 0 Å². The van der Waals surface area contributed by atoms with E-state index in [-0.39, 0.29) is 17.7 Å². The van der Waals surface area contributed by atoms with E-state index in [4.69, 9.17) is 0 Å². The van der Waals surface area contributed by atoms with Gasteiger partial charge in [-0.1, -0.05) is 13.8 Å². The van der Waals surface area contributed by atoms with Crippen LogP contribution in [-0.2, 0) is 9.59 Å². The molecule has 0 radical (unpaired) electrons. The van der Waals surface area contributed by atoms with Gasteiger partial charge in [0.25, 0.3) is 0 Å². The third-order valence-electron chi connectivity index (χ3n) is 5.66. The van der Waals surface area contributed by atoms with E-state index < -0.39 is 0 Å². The summed E-state index contributed by atoms with van der Waals surface area (Å²) in [7, 11) is 0. The average molecular weight is 372 g/mol. The van der Waals surface area contributed by atoms with E-state index in [9.17, 15) is 9.59 Å². The van der Waals surface area contributed by atoms with Crippen LogP contribution in [0.25, 0.3) is 0 Å². The highest BCUT2D eigenvalue weighted by atomic mass is 16.2. The largest absolute Gasteiger partial charge is 0.372 e. The lowest BCUT2D eigenvalue weighted by molar-refractivity contribution is -0.135. The van der Waals surface area contributed by atoms with Gasteiger partial charge in [0, 0.05) is 49.9 Å². The van der Waals surface area contributed by atoms with Crippen molar-refractivity contribution in [2.75, 3.05) is 36.4 Å². The van der Waals surface area contributed by atoms with Gasteiger partial charge in [-0.25, -0.2) is 0 Å². The number of hydrogen-bond donors (Lipinski definition) is 1. The first kappa shape index (κ1) is 19.7. The van der Waals surface area contributed by atoms with Crippen LogP contribution in [0, 0.1) is 11.8 Å². The van der Waals surface area contributed by atoms with E-state index in [0.717, 1.165) is 31.6 Å². The van der Waals surface area contributed by atoms with Crippen LogP contribution >= 0.6 is 0 Å². The monoisotopic (exact) mass is 371 g/mol. The number of rotatable bonds is 5. The van der Waals surface area contributed by atoms with Crippen molar-refractivity contribution in [3.63, 3.8) is 0 Å². The highest BCUT2D eigenvalue weighted by molar-refractivity contribution is 5.93. The van der Waals surface area contributed by atoms with E-state index in [1.165, 1.54) is 24.9 Å². The van der Waals surface area contributed by atoms with Gasteiger partial charge in [0.05, 0.1) is 0 Å². The van der Waals surface area contributed by atoms with E-state index in [1.807, 2.05) is 17.0 Å². The summed E-state index contributed by atoms with van der Waals surface area (Å²) in [6, 6.07) is 8.22. The zero-order chi connectivity index (χ0) is 19.2.